The van der Waals surface area contributed by atoms with Gasteiger partial charge in [0.15, 0.2) is 0 Å². The third kappa shape index (κ3) is 5.20. The predicted octanol–water partition coefficient (Wildman–Crippen LogP) is 2.54. The molecule has 1 saturated heterocycles. The van der Waals surface area contributed by atoms with E-state index in [0.717, 1.165) is 17.7 Å². The maximum atomic E-state index is 13.1. The topological polar surface area (TPSA) is 127 Å². The molecular weight excluding hydrogens is 450 g/mol. The zero-order chi connectivity index (χ0) is 24.3. The average molecular weight is 476 g/mol. The van der Waals surface area contributed by atoms with Gasteiger partial charge in [0.05, 0.1) is 22.0 Å². The number of ether oxygens (including phenoxy) is 1. The number of rotatable bonds is 6. The fourth-order valence-corrected chi connectivity index (χ4v) is 5.34. The highest BCUT2D eigenvalue weighted by atomic mass is 32.2. The number of amides is 1. The number of piperazine rings is 1. The van der Waals surface area contributed by atoms with Crippen LogP contribution in [0.15, 0.2) is 41.3 Å². The van der Waals surface area contributed by atoms with E-state index in [4.69, 9.17) is 4.74 Å². The van der Waals surface area contributed by atoms with E-state index in [1.165, 1.54) is 15.3 Å². The van der Waals surface area contributed by atoms with Gasteiger partial charge in [-0.05, 0) is 38.5 Å². The van der Waals surface area contributed by atoms with E-state index in [0.29, 0.717) is 5.56 Å². The number of esters is 1. The molecule has 2 aromatic rings. The molecule has 1 heterocycles. The van der Waals surface area contributed by atoms with Crippen LogP contribution in [0.3, 0.4) is 0 Å². The van der Waals surface area contributed by atoms with E-state index < -0.39 is 32.5 Å². The molecule has 0 bridgehead atoms. The molecule has 11 heteroatoms. The van der Waals surface area contributed by atoms with Gasteiger partial charge in [-0.3, -0.25) is 14.9 Å². The summed E-state index contributed by atoms with van der Waals surface area (Å²) in [5, 5.41) is 11.3. The number of nitro groups is 1. The number of non-ortho nitro benzene ring substituents is 1. The largest absolute Gasteiger partial charge is 0.462 e. The zero-order valence-corrected chi connectivity index (χ0v) is 19.4. The lowest BCUT2D eigenvalue weighted by Crippen LogP contribution is -2.50. The first-order valence-electron chi connectivity index (χ1n) is 10.4. The number of sulfonamides is 1. The Morgan fingerprint density at radius 2 is 1.67 bits per heavy atom. The minimum atomic E-state index is -3.72. The van der Waals surface area contributed by atoms with Crippen molar-refractivity contribution in [1.29, 1.82) is 0 Å². The maximum absolute atomic E-state index is 13.1. The second kappa shape index (κ2) is 9.67. The van der Waals surface area contributed by atoms with E-state index >= 15 is 0 Å². The number of nitro benzene ring substituents is 1. The van der Waals surface area contributed by atoms with Gasteiger partial charge < -0.3 is 9.64 Å². The number of carbonyl (C=O) groups is 2. The number of benzene rings is 2. The van der Waals surface area contributed by atoms with E-state index in [9.17, 15) is 28.1 Å². The van der Waals surface area contributed by atoms with Crippen LogP contribution < -0.4 is 0 Å². The summed E-state index contributed by atoms with van der Waals surface area (Å²) in [4.78, 5) is 37.3. The first-order valence-corrected chi connectivity index (χ1v) is 11.8. The van der Waals surface area contributed by atoms with E-state index in [1.54, 1.807) is 32.0 Å². The Morgan fingerprint density at radius 1 is 1.03 bits per heavy atom. The molecule has 2 aromatic carbocycles. The molecule has 0 unspecified atom stereocenters. The van der Waals surface area contributed by atoms with Crippen LogP contribution in [0.2, 0.25) is 0 Å². The van der Waals surface area contributed by atoms with Gasteiger partial charge in [0.25, 0.3) is 11.6 Å². The second-order valence-corrected chi connectivity index (χ2v) is 9.62. The Kier molecular flexibility index (Phi) is 7.13. The molecule has 1 aliphatic heterocycles. The van der Waals surface area contributed by atoms with E-state index in [-0.39, 0.29) is 48.8 Å². The predicted molar refractivity (Wildman–Crippen MR) is 120 cm³/mol. The first kappa shape index (κ1) is 24.3. The number of carbonyl (C=O) groups excluding carboxylic acids is 2. The van der Waals surface area contributed by atoms with Crippen molar-refractivity contribution in [2.45, 2.75) is 25.7 Å². The minimum absolute atomic E-state index is 0.0297. The van der Waals surface area contributed by atoms with Crippen molar-refractivity contribution in [3.63, 3.8) is 0 Å². The summed E-state index contributed by atoms with van der Waals surface area (Å²) in [6.07, 6.45) is 0. The van der Waals surface area contributed by atoms with Crippen molar-refractivity contribution >= 4 is 27.6 Å². The third-order valence-corrected chi connectivity index (χ3v) is 7.42. The summed E-state index contributed by atoms with van der Waals surface area (Å²) in [6.45, 7) is 5.70. The van der Waals surface area contributed by atoms with Crippen molar-refractivity contribution in [3.8, 4) is 0 Å². The standard InChI is InChI=1S/C22H25N3O7S/c1-4-32-22(27)18-12-17(13-19(14-18)25(28)29)21(26)23-7-9-24(10-8-23)33(30,31)20-6-5-15(2)11-16(20)3/h5-6,11-14H,4,7-10H2,1-3H3. The molecule has 176 valence electrons. The summed E-state index contributed by atoms with van der Waals surface area (Å²) in [6, 6.07) is 8.54. The zero-order valence-electron chi connectivity index (χ0n) is 18.6. The van der Waals surface area contributed by atoms with Crippen molar-refractivity contribution < 1.29 is 27.7 Å². The van der Waals surface area contributed by atoms with Gasteiger partial charge in [0.2, 0.25) is 10.0 Å². The van der Waals surface area contributed by atoms with Crippen molar-refractivity contribution in [1.82, 2.24) is 9.21 Å². The Bertz CT molecular complexity index is 1200. The summed E-state index contributed by atoms with van der Waals surface area (Å²) in [7, 11) is -3.72. The highest BCUT2D eigenvalue weighted by molar-refractivity contribution is 7.89. The molecule has 0 aliphatic carbocycles. The molecule has 0 N–H and O–H groups in total. The molecule has 1 fully saturated rings. The van der Waals surface area contributed by atoms with Crippen molar-refractivity contribution in [2.24, 2.45) is 0 Å². The smallest absolute Gasteiger partial charge is 0.338 e. The summed E-state index contributed by atoms with van der Waals surface area (Å²) < 4.78 is 32.3. The first-order chi connectivity index (χ1) is 15.5. The van der Waals surface area contributed by atoms with Gasteiger partial charge in [0, 0.05) is 43.9 Å². The highest BCUT2D eigenvalue weighted by Crippen LogP contribution is 2.24. The van der Waals surface area contributed by atoms with Crippen LogP contribution in [-0.4, -0.2) is 67.2 Å². The fraction of sp³-hybridized carbons (Fsp3) is 0.364. The molecular formula is C22H25N3O7S. The number of aryl methyl sites for hydroxylation is 2. The van der Waals surface area contributed by atoms with Crippen LogP contribution in [0.5, 0.6) is 0 Å². The maximum Gasteiger partial charge on any atom is 0.338 e. The van der Waals surface area contributed by atoms with Crippen LogP contribution in [0.1, 0.15) is 38.8 Å². The molecule has 0 atom stereocenters. The van der Waals surface area contributed by atoms with Gasteiger partial charge in [-0.1, -0.05) is 17.7 Å². The summed E-state index contributed by atoms with van der Waals surface area (Å²) in [5.74, 6) is -1.28. The normalized spacial score (nSPS) is 14.7. The quantitative estimate of drug-likeness (QED) is 0.357. The molecule has 0 radical (unpaired) electrons. The molecule has 0 aromatic heterocycles. The Labute approximate surface area is 192 Å². The fourth-order valence-electron chi connectivity index (χ4n) is 3.71. The highest BCUT2D eigenvalue weighted by Gasteiger charge is 2.32. The average Bonchev–Trinajstić information content (AvgIpc) is 2.78. The Morgan fingerprint density at radius 3 is 2.24 bits per heavy atom. The lowest BCUT2D eigenvalue weighted by atomic mass is 10.1. The lowest BCUT2D eigenvalue weighted by Gasteiger charge is -2.34. The van der Waals surface area contributed by atoms with Crippen molar-refractivity contribution in [3.05, 3.63) is 68.8 Å². The molecule has 1 aliphatic rings. The molecule has 10 nitrogen and oxygen atoms in total. The van der Waals surface area contributed by atoms with Gasteiger partial charge in [-0.25, -0.2) is 13.2 Å². The van der Waals surface area contributed by atoms with Gasteiger partial charge in [-0.15, -0.1) is 0 Å². The van der Waals surface area contributed by atoms with Gasteiger partial charge >= 0.3 is 5.97 Å². The van der Waals surface area contributed by atoms with Crippen LogP contribution in [0.25, 0.3) is 0 Å². The lowest BCUT2D eigenvalue weighted by molar-refractivity contribution is -0.384. The van der Waals surface area contributed by atoms with Crippen molar-refractivity contribution in [2.75, 3.05) is 32.8 Å². The SMILES string of the molecule is CCOC(=O)c1cc(C(=O)N2CCN(S(=O)(=O)c3ccc(C)cc3C)CC2)cc([N+](=O)[O-])c1. The van der Waals surface area contributed by atoms with Crippen LogP contribution in [-0.2, 0) is 14.8 Å². The summed E-state index contributed by atoms with van der Waals surface area (Å²) >= 11 is 0. The van der Waals surface area contributed by atoms with Crippen LogP contribution in [0.4, 0.5) is 5.69 Å². The molecule has 3 rings (SSSR count). The van der Waals surface area contributed by atoms with E-state index in [1.807, 2.05) is 6.92 Å². The van der Waals surface area contributed by atoms with Crippen LogP contribution >= 0.6 is 0 Å². The monoisotopic (exact) mass is 475 g/mol. The molecule has 1 amide bonds. The number of nitrogens with zero attached hydrogens (tertiary/aromatic N) is 3. The Hall–Kier alpha value is -3.31. The van der Waals surface area contributed by atoms with E-state index in [2.05, 4.69) is 0 Å². The van der Waals surface area contributed by atoms with Gasteiger partial charge in [0.1, 0.15) is 0 Å². The summed E-state index contributed by atoms with van der Waals surface area (Å²) in [5.41, 5.74) is 1.08. The molecule has 33 heavy (non-hydrogen) atoms. The van der Waals surface area contributed by atoms with Crippen LogP contribution in [0, 0.1) is 24.0 Å². The second-order valence-electron chi connectivity index (χ2n) is 7.71. The Balaban J connectivity index is 1.79. The minimum Gasteiger partial charge on any atom is -0.462 e. The third-order valence-electron chi connectivity index (χ3n) is 5.36. The molecule has 0 saturated carbocycles. The number of hydrogen-bond donors (Lipinski definition) is 0. The van der Waals surface area contributed by atoms with Gasteiger partial charge in [-0.2, -0.15) is 4.31 Å². The number of hydrogen-bond acceptors (Lipinski definition) is 7. The molecule has 0 spiro atoms.